The molecule has 0 saturated heterocycles. The fourth-order valence-electron chi connectivity index (χ4n) is 0.711. The predicted molar refractivity (Wildman–Crippen MR) is 57.0 cm³/mol. The lowest BCUT2D eigenvalue weighted by molar-refractivity contribution is 1.47. The summed E-state index contributed by atoms with van der Waals surface area (Å²) in [5.74, 6) is 0. The lowest BCUT2D eigenvalue weighted by atomic mass is 10.2. The maximum absolute atomic E-state index is 5.71. The van der Waals surface area contributed by atoms with E-state index in [1.54, 1.807) is 12.1 Å². The van der Waals surface area contributed by atoms with Crippen LogP contribution >= 0.6 is 23.2 Å². The molecule has 0 aliphatic carbocycles. The molecule has 1 aromatic carbocycles. The summed E-state index contributed by atoms with van der Waals surface area (Å²) < 4.78 is 0. The van der Waals surface area contributed by atoms with Gasteiger partial charge in [0.2, 0.25) is 0 Å². The van der Waals surface area contributed by atoms with Crippen LogP contribution in [0.25, 0.3) is 0 Å². The minimum Gasteiger partial charge on any atom is -0.396 e. The molecule has 1 rings (SSSR count). The van der Waals surface area contributed by atoms with E-state index in [2.05, 4.69) is 0 Å². The first-order valence-corrected chi connectivity index (χ1v) is 4.58. The van der Waals surface area contributed by atoms with Crippen molar-refractivity contribution in [3.8, 4) is 0 Å². The zero-order chi connectivity index (χ0) is 9.72. The highest BCUT2D eigenvalue weighted by atomic mass is 35.5. The highest BCUT2D eigenvalue weighted by molar-refractivity contribution is 6.38. The molecule has 1 aromatic rings. The number of hydrogen-bond donors (Lipinski definition) is 1. The molecule has 0 bridgehead atoms. The molecule has 0 atom stereocenters. The van der Waals surface area contributed by atoms with Gasteiger partial charge in [-0.25, -0.2) is 0 Å². The van der Waals surface area contributed by atoms with Gasteiger partial charge in [-0.15, -0.1) is 0 Å². The Morgan fingerprint density at radius 2 is 1.42 bits per heavy atom. The average molecular weight is 206 g/mol. The van der Waals surface area contributed by atoms with Crippen molar-refractivity contribution in [2.24, 2.45) is 0 Å². The molecule has 68 valence electrons. The molecule has 0 radical (unpaired) electrons. The van der Waals surface area contributed by atoms with Gasteiger partial charge in [-0.2, -0.15) is 0 Å². The molecule has 0 heterocycles. The highest BCUT2D eigenvalue weighted by Crippen LogP contribution is 2.28. The number of aryl methyl sites for hydroxylation is 1. The number of anilines is 1. The Morgan fingerprint density at radius 3 is 1.75 bits per heavy atom. The monoisotopic (exact) mass is 205 g/mol. The maximum atomic E-state index is 5.71. The van der Waals surface area contributed by atoms with Crippen molar-refractivity contribution in [1.82, 2.24) is 0 Å². The molecular weight excluding hydrogens is 193 g/mol. The van der Waals surface area contributed by atoms with E-state index in [1.165, 1.54) is 0 Å². The predicted octanol–water partition coefficient (Wildman–Crippen LogP) is 3.91. The Labute approximate surface area is 83.5 Å². The smallest absolute Gasteiger partial charge is 0.0693 e. The van der Waals surface area contributed by atoms with E-state index in [4.69, 9.17) is 28.9 Å². The Morgan fingerprint density at radius 1 is 1.08 bits per heavy atom. The minimum absolute atomic E-state index is 0.453. The summed E-state index contributed by atoms with van der Waals surface area (Å²) in [6, 6.07) is 3.56. The zero-order valence-corrected chi connectivity index (χ0v) is 9.00. The number of rotatable bonds is 0. The van der Waals surface area contributed by atoms with Crippen molar-refractivity contribution in [2.75, 3.05) is 5.73 Å². The topological polar surface area (TPSA) is 26.0 Å². The van der Waals surface area contributed by atoms with Crippen molar-refractivity contribution >= 4 is 28.9 Å². The Balaban J connectivity index is 0.000000561. The summed E-state index contributed by atoms with van der Waals surface area (Å²) in [5.41, 5.74) is 6.96. The first-order valence-electron chi connectivity index (χ1n) is 3.82. The van der Waals surface area contributed by atoms with E-state index in [0.29, 0.717) is 15.7 Å². The largest absolute Gasteiger partial charge is 0.396 e. The van der Waals surface area contributed by atoms with Crippen LogP contribution in [0.5, 0.6) is 0 Å². The average Bonchev–Trinajstić information content (AvgIpc) is 2.04. The van der Waals surface area contributed by atoms with Crippen molar-refractivity contribution in [2.45, 2.75) is 20.8 Å². The SMILES string of the molecule is CC.Cc1cc(Cl)c(N)c(Cl)c1. The summed E-state index contributed by atoms with van der Waals surface area (Å²) in [6.07, 6.45) is 0. The van der Waals surface area contributed by atoms with Gasteiger partial charge in [-0.05, 0) is 24.6 Å². The number of nitrogen functional groups attached to an aromatic ring is 1. The molecule has 0 spiro atoms. The Kier molecular flexibility index (Phi) is 5.11. The third-order valence-electron chi connectivity index (χ3n) is 1.22. The van der Waals surface area contributed by atoms with Gasteiger partial charge in [-0.3, -0.25) is 0 Å². The second-order valence-electron chi connectivity index (χ2n) is 2.14. The molecule has 0 aliphatic heterocycles. The lowest BCUT2D eigenvalue weighted by Crippen LogP contribution is -1.87. The van der Waals surface area contributed by atoms with Crippen LogP contribution in [0.15, 0.2) is 12.1 Å². The van der Waals surface area contributed by atoms with Gasteiger partial charge in [0.1, 0.15) is 0 Å². The molecule has 2 N–H and O–H groups in total. The van der Waals surface area contributed by atoms with Crippen LogP contribution in [0.1, 0.15) is 19.4 Å². The molecular formula is C9H13Cl2N. The molecule has 0 unspecified atom stereocenters. The van der Waals surface area contributed by atoms with Crippen LogP contribution in [0.4, 0.5) is 5.69 Å². The highest BCUT2D eigenvalue weighted by Gasteiger charge is 2.00. The van der Waals surface area contributed by atoms with Crippen LogP contribution in [-0.2, 0) is 0 Å². The number of benzene rings is 1. The molecule has 0 aromatic heterocycles. The van der Waals surface area contributed by atoms with Crippen LogP contribution < -0.4 is 5.73 Å². The zero-order valence-electron chi connectivity index (χ0n) is 7.49. The van der Waals surface area contributed by atoms with Crippen molar-refractivity contribution in [1.29, 1.82) is 0 Å². The van der Waals surface area contributed by atoms with E-state index in [1.807, 2.05) is 20.8 Å². The first kappa shape index (κ1) is 11.6. The van der Waals surface area contributed by atoms with Crippen LogP contribution in [0.3, 0.4) is 0 Å². The quantitative estimate of drug-likeness (QED) is 0.640. The molecule has 0 saturated carbocycles. The van der Waals surface area contributed by atoms with Crippen molar-refractivity contribution < 1.29 is 0 Å². The molecule has 12 heavy (non-hydrogen) atoms. The standard InChI is InChI=1S/C7H7Cl2N.C2H6/c1-4-2-5(8)7(10)6(9)3-4;1-2/h2-3H,10H2,1H3;1-2H3. The van der Waals surface area contributed by atoms with Gasteiger partial charge in [0, 0.05) is 0 Å². The van der Waals surface area contributed by atoms with Gasteiger partial charge in [-0.1, -0.05) is 37.0 Å². The van der Waals surface area contributed by atoms with Crippen molar-refractivity contribution in [3.05, 3.63) is 27.7 Å². The lowest BCUT2D eigenvalue weighted by Gasteiger charge is -2.01. The van der Waals surface area contributed by atoms with Crippen molar-refractivity contribution in [3.63, 3.8) is 0 Å². The molecule has 3 heteroatoms. The van der Waals surface area contributed by atoms with Gasteiger partial charge in [0.15, 0.2) is 0 Å². The number of hydrogen-bond acceptors (Lipinski definition) is 1. The fraction of sp³-hybridized carbons (Fsp3) is 0.333. The fourth-order valence-corrected chi connectivity index (χ4v) is 1.31. The normalized spacial score (nSPS) is 8.75. The second kappa shape index (κ2) is 5.28. The summed E-state index contributed by atoms with van der Waals surface area (Å²) in [7, 11) is 0. The van der Waals surface area contributed by atoms with Gasteiger partial charge < -0.3 is 5.73 Å². The third kappa shape index (κ3) is 2.92. The van der Waals surface area contributed by atoms with E-state index < -0.39 is 0 Å². The number of nitrogens with two attached hydrogens (primary N) is 1. The van der Waals surface area contributed by atoms with Gasteiger partial charge in [0.05, 0.1) is 15.7 Å². The summed E-state index contributed by atoms with van der Waals surface area (Å²) >= 11 is 11.4. The number of halogens is 2. The summed E-state index contributed by atoms with van der Waals surface area (Å²) in [5, 5.41) is 1.04. The van der Waals surface area contributed by atoms with Crippen LogP contribution in [-0.4, -0.2) is 0 Å². The molecule has 0 fully saturated rings. The maximum Gasteiger partial charge on any atom is 0.0693 e. The Hall–Kier alpha value is -0.400. The molecule has 0 aliphatic rings. The van der Waals surface area contributed by atoms with Crippen LogP contribution in [0, 0.1) is 6.92 Å². The molecule has 1 nitrogen and oxygen atoms in total. The van der Waals surface area contributed by atoms with Gasteiger partial charge >= 0.3 is 0 Å². The first-order chi connectivity index (χ1) is 5.61. The Bertz CT molecular complexity index is 236. The van der Waals surface area contributed by atoms with Crippen LogP contribution in [0.2, 0.25) is 10.0 Å². The van der Waals surface area contributed by atoms with E-state index >= 15 is 0 Å². The second-order valence-corrected chi connectivity index (χ2v) is 2.96. The molecule has 0 amide bonds. The van der Waals surface area contributed by atoms with E-state index in [-0.39, 0.29) is 0 Å². The van der Waals surface area contributed by atoms with E-state index in [0.717, 1.165) is 5.56 Å². The van der Waals surface area contributed by atoms with Gasteiger partial charge in [0.25, 0.3) is 0 Å². The summed E-state index contributed by atoms with van der Waals surface area (Å²) in [6.45, 7) is 5.91. The minimum atomic E-state index is 0.453. The third-order valence-corrected chi connectivity index (χ3v) is 1.85. The van der Waals surface area contributed by atoms with E-state index in [9.17, 15) is 0 Å². The summed E-state index contributed by atoms with van der Waals surface area (Å²) in [4.78, 5) is 0.